The number of aromatic amines is 1. The van der Waals surface area contributed by atoms with Crippen LogP contribution in [0.3, 0.4) is 0 Å². The van der Waals surface area contributed by atoms with Gasteiger partial charge in [-0.1, -0.05) is 61.1 Å². The molecule has 7 aromatic rings. The van der Waals surface area contributed by atoms with Gasteiger partial charge < -0.3 is 19.9 Å². The van der Waals surface area contributed by atoms with Crippen LogP contribution in [0.1, 0.15) is 107 Å². The fraction of sp³-hybridized carbons (Fsp3) is 0.338. The van der Waals surface area contributed by atoms with Gasteiger partial charge in [0.05, 0.1) is 38.9 Å². The largest absolute Gasteiger partial charge is 0.455 e. The van der Waals surface area contributed by atoms with Crippen LogP contribution in [0.4, 0.5) is 17.1 Å². The molecular formula is C65H65ClN12O10S. The molecule has 89 heavy (non-hydrogen) atoms. The number of sulfonamides is 1. The van der Waals surface area contributed by atoms with Crippen LogP contribution >= 0.6 is 11.6 Å². The highest BCUT2D eigenvalue weighted by Crippen LogP contribution is 2.44. The first kappa shape index (κ1) is 60.1. The molecule has 4 aromatic carbocycles. The Morgan fingerprint density at radius 3 is 2.45 bits per heavy atom. The number of carbonyl (C=O) groups excluding carboxylic acids is 5. The lowest BCUT2D eigenvalue weighted by atomic mass is 9.72. The molecule has 24 heteroatoms. The van der Waals surface area contributed by atoms with Gasteiger partial charge in [-0.3, -0.25) is 58.8 Å². The van der Waals surface area contributed by atoms with E-state index in [0.717, 1.165) is 92.4 Å². The quantitative estimate of drug-likeness (QED) is 0.0287. The molecule has 1 unspecified atom stereocenters. The number of halogens is 1. The van der Waals surface area contributed by atoms with Gasteiger partial charge in [0.1, 0.15) is 35.4 Å². The molecule has 4 aliphatic heterocycles. The highest BCUT2D eigenvalue weighted by Gasteiger charge is 2.45. The van der Waals surface area contributed by atoms with E-state index in [0.29, 0.717) is 48.2 Å². The number of nitro groups is 1. The topological polar surface area (TPSA) is 267 Å². The number of imide groups is 2. The average Bonchev–Trinajstić information content (AvgIpc) is 1.78. The number of pyridine rings is 1. The molecule has 1 atom stereocenters. The fourth-order valence-corrected chi connectivity index (χ4v) is 13.6. The van der Waals surface area contributed by atoms with E-state index >= 15 is 0 Å². The number of aromatic nitrogens is 4. The van der Waals surface area contributed by atoms with Crippen molar-refractivity contribution in [3.8, 4) is 23.3 Å². The van der Waals surface area contributed by atoms with E-state index in [1.165, 1.54) is 47.2 Å². The highest BCUT2D eigenvalue weighted by atomic mass is 35.5. The highest BCUT2D eigenvalue weighted by molar-refractivity contribution is 7.90. The van der Waals surface area contributed by atoms with Crippen LogP contribution in [-0.2, 0) is 32.7 Å². The van der Waals surface area contributed by atoms with Crippen LogP contribution in [0.25, 0.3) is 16.6 Å². The SMILES string of the molecule is CC1(C)CCC(CN2CCN(c3ccc(C(=O)NS(=O)(=O)c4ccc(NCC5CCN(Cc6cnn(CC#Cc7cccc8c7C(=O)N(C7CCC(=O)NC7=O)C8=O)c6)CC5)c([N+](=O)[O-])c4)c(Oc4cnc5[nH]ccc5c4)c3)CC2)=C(c2ccc(Cl)cc2)C1. The standard InChI is InChI=1S/C65H65ClN12O10S/c1-65(2)22-18-46(53(34-65)43-8-10-47(66)11-9-43)40-74-27-29-75(30-28-74)48-12-14-51(57(32-48)88-49-31-45-19-23-67-60(45)69-37-49)61(80)72-89(86,87)50-13-15-54(56(33-50)78(84)85)68-35-41-20-25-73(26-21-41)38-42-36-70-76(39-42)24-4-6-44-5-3-7-52-59(44)64(83)77(63(52)82)55-16-17-58(79)71-62(55)81/h3,5,7-15,19,23,31-33,36-37,39,41,55,68H,16-18,20-22,24-30,34-35,38,40H2,1-2H3,(H,67,69)(H,72,80)(H,71,79,81). The molecule has 5 amide bonds. The number of anilines is 2. The number of nitro benzene ring substituents is 1. The molecular weight excluding hydrogens is 1180 g/mol. The van der Waals surface area contributed by atoms with Gasteiger partial charge >= 0.3 is 0 Å². The third kappa shape index (κ3) is 13.3. The molecule has 458 valence electrons. The number of nitrogens with one attached hydrogen (secondary N) is 4. The summed E-state index contributed by atoms with van der Waals surface area (Å²) in [6.45, 7) is 11.2. The van der Waals surface area contributed by atoms with Gasteiger partial charge in [-0.25, -0.2) is 18.1 Å². The smallest absolute Gasteiger partial charge is 0.293 e. The molecule has 3 fully saturated rings. The Hall–Kier alpha value is -9.21. The Bertz CT molecular complexity index is 4190. The zero-order valence-corrected chi connectivity index (χ0v) is 50.7. The second-order valence-electron chi connectivity index (χ2n) is 24.1. The van der Waals surface area contributed by atoms with Crippen molar-refractivity contribution in [1.29, 1.82) is 0 Å². The second-order valence-corrected chi connectivity index (χ2v) is 26.2. The van der Waals surface area contributed by atoms with Crippen LogP contribution in [0.5, 0.6) is 11.5 Å². The van der Waals surface area contributed by atoms with E-state index in [-0.39, 0.29) is 58.8 Å². The normalized spacial score (nSPS) is 18.4. The molecule has 12 rings (SSSR count). The number of hydrogen-bond acceptors (Lipinski definition) is 16. The Balaban J connectivity index is 0.653. The number of rotatable bonds is 17. The van der Waals surface area contributed by atoms with Gasteiger partial charge in [-0.05, 0) is 135 Å². The number of fused-ring (bicyclic) bond motifs is 2. The lowest BCUT2D eigenvalue weighted by Gasteiger charge is -2.39. The summed E-state index contributed by atoms with van der Waals surface area (Å²) in [6, 6.07) is 24.0. The second kappa shape index (κ2) is 25.1. The van der Waals surface area contributed by atoms with Gasteiger partial charge in [0, 0.05) is 104 Å². The number of benzene rings is 4. The van der Waals surface area contributed by atoms with Crippen molar-refractivity contribution in [3.05, 3.63) is 170 Å². The molecule has 0 saturated carbocycles. The Labute approximate surface area is 518 Å². The van der Waals surface area contributed by atoms with Gasteiger partial charge in [0.2, 0.25) is 11.8 Å². The van der Waals surface area contributed by atoms with Crippen LogP contribution < -0.4 is 25.0 Å². The molecule has 3 saturated heterocycles. The number of allylic oxidation sites excluding steroid dienone is 1. The number of hydrogen-bond donors (Lipinski definition) is 4. The molecule has 5 aliphatic rings. The zero-order chi connectivity index (χ0) is 62.1. The van der Waals surface area contributed by atoms with Crippen molar-refractivity contribution >= 4 is 84.8 Å². The number of piperidine rings is 2. The molecule has 7 heterocycles. The number of ether oxygens (including phenoxy) is 1. The average molecular weight is 1240 g/mol. The van der Waals surface area contributed by atoms with E-state index < -0.39 is 61.1 Å². The number of piperazine rings is 1. The van der Waals surface area contributed by atoms with E-state index in [9.17, 15) is 42.5 Å². The third-order valence-corrected chi connectivity index (χ3v) is 18.9. The van der Waals surface area contributed by atoms with Gasteiger partial charge in [0.15, 0.2) is 0 Å². The summed E-state index contributed by atoms with van der Waals surface area (Å²) in [4.78, 5) is 91.9. The number of amides is 5. The first-order valence-corrected chi connectivity index (χ1v) is 31.5. The van der Waals surface area contributed by atoms with E-state index in [2.05, 4.69) is 82.9 Å². The summed E-state index contributed by atoms with van der Waals surface area (Å²) in [5.74, 6) is 3.26. The van der Waals surface area contributed by atoms with E-state index in [1.54, 1.807) is 47.4 Å². The maximum absolute atomic E-state index is 14.2. The molecule has 22 nitrogen and oxygen atoms in total. The number of H-pyrrole nitrogens is 1. The summed E-state index contributed by atoms with van der Waals surface area (Å²) in [6.07, 6.45) is 11.7. The number of carbonyl (C=O) groups is 5. The molecule has 3 aromatic heterocycles. The molecule has 4 N–H and O–H groups in total. The van der Waals surface area contributed by atoms with Crippen molar-refractivity contribution < 1.29 is 42.1 Å². The summed E-state index contributed by atoms with van der Waals surface area (Å²) in [5, 5.41) is 23.8. The monoisotopic (exact) mass is 1240 g/mol. The lowest BCUT2D eigenvalue weighted by molar-refractivity contribution is -0.384. The molecule has 0 spiro atoms. The van der Waals surface area contributed by atoms with Crippen LogP contribution in [0.15, 0.2) is 126 Å². The number of nitrogens with zero attached hydrogens (tertiary/aromatic N) is 8. The number of likely N-dealkylation sites (tertiary alicyclic amines) is 1. The summed E-state index contributed by atoms with van der Waals surface area (Å²) >= 11 is 6.27. The van der Waals surface area contributed by atoms with Crippen LogP contribution in [0, 0.1) is 33.3 Å². The zero-order valence-electron chi connectivity index (χ0n) is 49.1. The van der Waals surface area contributed by atoms with E-state index in [4.69, 9.17) is 16.3 Å². The van der Waals surface area contributed by atoms with Crippen molar-refractivity contribution in [3.63, 3.8) is 0 Å². The van der Waals surface area contributed by atoms with Crippen LogP contribution in [-0.4, -0.2) is 136 Å². The third-order valence-electron chi connectivity index (χ3n) is 17.4. The van der Waals surface area contributed by atoms with Gasteiger partial charge in [-0.15, -0.1) is 0 Å². The predicted molar refractivity (Wildman–Crippen MR) is 334 cm³/mol. The molecule has 0 bridgehead atoms. The Morgan fingerprint density at radius 1 is 0.888 bits per heavy atom. The summed E-state index contributed by atoms with van der Waals surface area (Å²) in [7, 11) is -4.65. The van der Waals surface area contributed by atoms with Crippen molar-refractivity contribution in [2.24, 2.45) is 11.3 Å². The first-order chi connectivity index (χ1) is 42.8. The predicted octanol–water partition coefficient (Wildman–Crippen LogP) is 8.79. The van der Waals surface area contributed by atoms with Crippen molar-refractivity contribution in [1.82, 2.24) is 44.5 Å². The fourth-order valence-electron chi connectivity index (χ4n) is 12.5. The van der Waals surface area contributed by atoms with Crippen LogP contribution in [0.2, 0.25) is 5.02 Å². The maximum atomic E-state index is 14.2. The molecule has 1 aliphatic carbocycles. The minimum Gasteiger partial charge on any atom is -0.455 e. The first-order valence-electron chi connectivity index (χ1n) is 29.7. The van der Waals surface area contributed by atoms with Crippen molar-refractivity contribution in [2.45, 2.75) is 82.8 Å². The maximum Gasteiger partial charge on any atom is 0.293 e. The van der Waals surface area contributed by atoms with Gasteiger partial charge in [0.25, 0.3) is 33.4 Å². The van der Waals surface area contributed by atoms with Crippen molar-refractivity contribution in [2.75, 3.05) is 62.6 Å². The summed E-state index contributed by atoms with van der Waals surface area (Å²) in [5.41, 5.74) is 6.86. The minimum absolute atomic E-state index is 0.0200. The molecule has 0 radical (unpaired) electrons. The summed E-state index contributed by atoms with van der Waals surface area (Å²) < 4.78 is 38.2. The Kier molecular flexibility index (Phi) is 17.0. The Morgan fingerprint density at radius 2 is 1.67 bits per heavy atom. The van der Waals surface area contributed by atoms with E-state index in [1.807, 2.05) is 24.4 Å². The minimum atomic E-state index is -4.65. The lowest BCUT2D eigenvalue weighted by Crippen LogP contribution is -2.54. The van der Waals surface area contributed by atoms with Gasteiger partial charge in [-0.2, -0.15) is 5.10 Å².